The second kappa shape index (κ2) is 8.26. The highest BCUT2D eigenvalue weighted by atomic mass is 16.5. The smallest absolute Gasteiger partial charge is 0.304 e. The van der Waals surface area contributed by atoms with Crippen molar-refractivity contribution in [3.63, 3.8) is 0 Å². The number of hydrogen-bond acceptors (Lipinski definition) is 5. The Morgan fingerprint density at radius 2 is 1.97 bits per heavy atom. The number of aliphatic carboxylic acids is 1. The number of carbonyl (C=O) groups is 1. The summed E-state index contributed by atoms with van der Waals surface area (Å²) in [6, 6.07) is 15.6. The van der Waals surface area contributed by atoms with E-state index in [0.29, 0.717) is 11.6 Å². The number of benzene rings is 2. The van der Waals surface area contributed by atoms with Crippen molar-refractivity contribution in [2.75, 3.05) is 0 Å². The number of carboxylic acids is 1. The van der Waals surface area contributed by atoms with Crippen LogP contribution in [0.1, 0.15) is 54.5 Å². The Morgan fingerprint density at radius 1 is 1.16 bits per heavy atom. The van der Waals surface area contributed by atoms with Crippen molar-refractivity contribution >= 4 is 16.9 Å². The second-order valence-electron chi connectivity index (χ2n) is 8.15. The molecule has 2 heterocycles. The minimum atomic E-state index is -0.882. The SMILES string of the molecule is O=C(O)CC(c1ccc(OC(CC2CC2)c2ccc3cn[nH]c3c2)cc1)c1ccon1. The van der Waals surface area contributed by atoms with Crippen molar-refractivity contribution in [1.82, 2.24) is 15.4 Å². The number of nitrogens with zero attached hydrogens (tertiary/aromatic N) is 2. The lowest BCUT2D eigenvalue weighted by Gasteiger charge is -2.20. The summed E-state index contributed by atoms with van der Waals surface area (Å²) < 4.78 is 11.3. The van der Waals surface area contributed by atoms with Gasteiger partial charge in [0.05, 0.1) is 23.8 Å². The van der Waals surface area contributed by atoms with E-state index >= 15 is 0 Å². The highest BCUT2D eigenvalue weighted by Crippen LogP contribution is 2.40. The van der Waals surface area contributed by atoms with E-state index in [1.807, 2.05) is 30.5 Å². The minimum Gasteiger partial charge on any atom is -0.486 e. The Bertz CT molecular complexity index is 1160. The fourth-order valence-corrected chi connectivity index (χ4v) is 3.98. The molecule has 7 heteroatoms. The lowest BCUT2D eigenvalue weighted by Crippen LogP contribution is -2.10. The zero-order valence-electron chi connectivity index (χ0n) is 16.9. The molecule has 5 rings (SSSR count). The van der Waals surface area contributed by atoms with E-state index in [4.69, 9.17) is 9.26 Å². The van der Waals surface area contributed by atoms with Crippen LogP contribution in [0.15, 0.2) is 65.5 Å². The molecule has 1 aliphatic carbocycles. The number of ether oxygens (including phenoxy) is 1. The Hall–Kier alpha value is -3.61. The van der Waals surface area contributed by atoms with Crippen LogP contribution in [0.5, 0.6) is 5.75 Å². The van der Waals surface area contributed by atoms with E-state index < -0.39 is 5.97 Å². The molecule has 0 radical (unpaired) electrons. The van der Waals surface area contributed by atoms with Crippen LogP contribution in [0.3, 0.4) is 0 Å². The van der Waals surface area contributed by atoms with Gasteiger partial charge in [0.2, 0.25) is 0 Å². The topological polar surface area (TPSA) is 101 Å². The van der Waals surface area contributed by atoms with Gasteiger partial charge in [-0.15, -0.1) is 0 Å². The van der Waals surface area contributed by atoms with Gasteiger partial charge in [0.25, 0.3) is 0 Å². The Labute approximate surface area is 179 Å². The molecule has 0 aliphatic heterocycles. The summed E-state index contributed by atoms with van der Waals surface area (Å²) in [5.41, 5.74) is 3.59. The lowest BCUT2D eigenvalue weighted by molar-refractivity contribution is -0.137. The maximum atomic E-state index is 11.3. The number of hydrogen-bond donors (Lipinski definition) is 2. The number of fused-ring (bicyclic) bond motifs is 1. The van der Waals surface area contributed by atoms with Gasteiger partial charge in [0, 0.05) is 17.4 Å². The Balaban J connectivity index is 1.37. The van der Waals surface area contributed by atoms with E-state index in [1.165, 1.54) is 19.1 Å². The zero-order valence-corrected chi connectivity index (χ0v) is 16.9. The molecular formula is C24H23N3O4. The van der Waals surface area contributed by atoms with Gasteiger partial charge in [-0.05, 0) is 41.7 Å². The van der Waals surface area contributed by atoms with E-state index in [-0.39, 0.29) is 18.4 Å². The first-order chi connectivity index (χ1) is 15.2. The van der Waals surface area contributed by atoms with E-state index in [2.05, 4.69) is 33.6 Å². The molecule has 0 spiro atoms. The predicted octanol–water partition coefficient (Wildman–Crippen LogP) is 5.08. The van der Waals surface area contributed by atoms with Gasteiger partial charge in [-0.25, -0.2) is 0 Å². The molecule has 2 atom stereocenters. The third-order valence-corrected chi connectivity index (χ3v) is 5.84. The second-order valence-corrected chi connectivity index (χ2v) is 8.15. The van der Waals surface area contributed by atoms with Crippen molar-refractivity contribution in [1.29, 1.82) is 0 Å². The molecule has 2 aromatic heterocycles. The van der Waals surface area contributed by atoms with Crippen LogP contribution in [0, 0.1) is 5.92 Å². The van der Waals surface area contributed by atoms with Crippen molar-refractivity contribution < 1.29 is 19.2 Å². The van der Waals surface area contributed by atoms with Gasteiger partial charge >= 0.3 is 5.97 Å². The Morgan fingerprint density at radius 3 is 2.68 bits per heavy atom. The van der Waals surface area contributed by atoms with E-state index in [1.54, 1.807) is 6.07 Å². The van der Waals surface area contributed by atoms with Crippen molar-refractivity contribution in [2.45, 2.75) is 37.7 Å². The first kappa shape index (κ1) is 19.4. The molecule has 0 bridgehead atoms. The average molecular weight is 417 g/mol. The van der Waals surface area contributed by atoms with Crippen LogP contribution in [0.2, 0.25) is 0 Å². The van der Waals surface area contributed by atoms with Crippen molar-refractivity contribution in [3.05, 3.63) is 77.8 Å². The summed E-state index contributed by atoms with van der Waals surface area (Å²) in [4.78, 5) is 11.3. The number of H-pyrrole nitrogens is 1. The van der Waals surface area contributed by atoms with Crippen LogP contribution >= 0.6 is 0 Å². The van der Waals surface area contributed by atoms with Crippen LogP contribution in [0.25, 0.3) is 10.9 Å². The van der Waals surface area contributed by atoms with Gasteiger partial charge in [-0.3, -0.25) is 9.89 Å². The molecule has 4 aromatic rings. The molecule has 31 heavy (non-hydrogen) atoms. The molecule has 2 aromatic carbocycles. The number of rotatable bonds is 9. The Kier molecular flexibility index (Phi) is 5.16. The number of carboxylic acid groups (broad SMARTS) is 1. The maximum Gasteiger partial charge on any atom is 0.304 e. The molecular weight excluding hydrogens is 394 g/mol. The highest BCUT2D eigenvalue weighted by molar-refractivity contribution is 5.78. The molecule has 0 saturated heterocycles. The fraction of sp³-hybridized carbons (Fsp3) is 0.292. The third-order valence-electron chi connectivity index (χ3n) is 5.84. The number of nitrogens with one attached hydrogen (secondary N) is 1. The summed E-state index contributed by atoms with van der Waals surface area (Å²) in [6.07, 6.45) is 6.65. The summed E-state index contributed by atoms with van der Waals surface area (Å²) in [7, 11) is 0. The van der Waals surface area contributed by atoms with Crippen molar-refractivity contribution in [2.24, 2.45) is 5.92 Å². The van der Waals surface area contributed by atoms with Crippen molar-refractivity contribution in [3.8, 4) is 5.75 Å². The first-order valence-electron chi connectivity index (χ1n) is 10.5. The number of aromatic amines is 1. The lowest BCUT2D eigenvalue weighted by atomic mass is 9.92. The normalized spacial score (nSPS) is 15.6. The van der Waals surface area contributed by atoms with Crippen LogP contribution in [-0.4, -0.2) is 26.4 Å². The standard InChI is InChI=1S/C24H23N3O4/c28-24(29)13-20(21-9-10-30-27-21)16-5-7-19(8-6-16)31-23(11-15-1-2-15)17-3-4-18-14-25-26-22(18)12-17/h3-10,12,14-15,20,23H,1-2,11,13H2,(H,25,26)(H,28,29). The van der Waals surface area contributed by atoms with Gasteiger partial charge in [0.15, 0.2) is 0 Å². The number of aromatic nitrogens is 3. The summed E-state index contributed by atoms with van der Waals surface area (Å²) >= 11 is 0. The van der Waals surface area contributed by atoms with Crippen LogP contribution in [-0.2, 0) is 4.79 Å². The van der Waals surface area contributed by atoms with Gasteiger partial charge in [-0.1, -0.05) is 42.3 Å². The first-order valence-corrected chi connectivity index (χ1v) is 10.5. The third kappa shape index (κ3) is 4.45. The summed E-state index contributed by atoms with van der Waals surface area (Å²) in [5.74, 6) is 0.213. The fourth-order valence-electron chi connectivity index (χ4n) is 3.98. The molecule has 1 aliphatic rings. The van der Waals surface area contributed by atoms with Crippen LogP contribution in [0.4, 0.5) is 0 Å². The monoisotopic (exact) mass is 417 g/mol. The van der Waals surface area contributed by atoms with E-state index in [9.17, 15) is 9.90 Å². The summed E-state index contributed by atoms with van der Waals surface area (Å²) in [5, 5.41) is 21.5. The van der Waals surface area contributed by atoms with E-state index in [0.717, 1.165) is 34.2 Å². The highest BCUT2D eigenvalue weighted by Gasteiger charge is 2.28. The molecule has 0 amide bonds. The largest absolute Gasteiger partial charge is 0.486 e. The molecule has 7 nitrogen and oxygen atoms in total. The van der Waals surface area contributed by atoms with Gasteiger partial charge in [0.1, 0.15) is 18.1 Å². The minimum absolute atomic E-state index is 0.0450. The average Bonchev–Trinajstić information content (AvgIpc) is 3.23. The molecule has 158 valence electrons. The predicted molar refractivity (Wildman–Crippen MR) is 114 cm³/mol. The van der Waals surface area contributed by atoms with Crippen LogP contribution < -0.4 is 4.74 Å². The molecule has 2 N–H and O–H groups in total. The molecule has 1 fully saturated rings. The van der Waals surface area contributed by atoms with Gasteiger partial charge < -0.3 is 14.4 Å². The summed E-state index contributed by atoms with van der Waals surface area (Å²) in [6.45, 7) is 0. The zero-order chi connectivity index (χ0) is 21.2. The molecule has 2 unspecified atom stereocenters. The maximum absolute atomic E-state index is 11.3. The van der Waals surface area contributed by atoms with Gasteiger partial charge in [-0.2, -0.15) is 5.10 Å². The molecule has 1 saturated carbocycles. The quantitative estimate of drug-likeness (QED) is 0.394.